The molecule has 2 fully saturated rings. The Morgan fingerprint density at radius 2 is 2.00 bits per heavy atom. The molecule has 2 aliphatic heterocycles. The molecule has 1 aromatic carbocycles. The first-order chi connectivity index (χ1) is 14.4. The number of benzene rings is 1. The maximum absolute atomic E-state index is 12.6. The molecule has 3 aromatic rings. The van der Waals surface area contributed by atoms with Crippen LogP contribution in [0.15, 0.2) is 36.7 Å². The summed E-state index contributed by atoms with van der Waals surface area (Å²) in [5, 5.41) is 5.09. The molecular formula is C23H27N5O2. The first-order valence-electron chi connectivity index (χ1n) is 10.4. The molecule has 0 bridgehead atoms. The van der Waals surface area contributed by atoms with Gasteiger partial charge in [0.15, 0.2) is 0 Å². The largest absolute Gasteiger partial charge is 0.380 e. The summed E-state index contributed by atoms with van der Waals surface area (Å²) in [4.78, 5) is 23.8. The van der Waals surface area contributed by atoms with E-state index in [9.17, 15) is 4.79 Å². The molecule has 2 saturated heterocycles. The number of pyridine rings is 1. The minimum atomic E-state index is 0.0239. The monoisotopic (exact) mass is 405 g/mol. The molecule has 0 spiro atoms. The SMILES string of the molecule is Cc1ncc(-c2ccc3cnc(NC(=O)C4CN(CC5(C)COC5)C4)cc3c2)n1C. The van der Waals surface area contributed by atoms with Crippen LogP contribution in [0.1, 0.15) is 12.7 Å². The number of carbonyl (C=O) groups excluding carboxylic acids is 1. The highest BCUT2D eigenvalue weighted by molar-refractivity contribution is 5.95. The van der Waals surface area contributed by atoms with Gasteiger partial charge in [0, 0.05) is 49.2 Å². The standard InChI is InChI=1S/C23H27N5O2/c1-15-24-9-20(27(15)3)16-4-5-17-8-25-21(7-18(17)6-16)26-22(29)19-10-28(11-19)12-23(2)13-30-14-23/h4-9,19H,10-14H2,1-3H3,(H,25,26,29). The lowest BCUT2D eigenvalue weighted by molar-refractivity contribution is -0.137. The van der Waals surface area contributed by atoms with E-state index in [0.29, 0.717) is 5.82 Å². The lowest BCUT2D eigenvalue weighted by Gasteiger charge is -2.47. The number of fused-ring (bicyclic) bond motifs is 1. The van der Waals surface area contributed by atoms with Crippen LogP contribution in [0.2, 0.25) is 0 Å². The van der Waals surface area contributed by atoms with Gasteiger partial charge in [-0.25, -0.2) is 9.97 Å². The van der Waals surface area contributed by atoms with Gasteiger partial charge in [0.1, 0.15) is 11.6 Å². The first-order valence-corrected chi connectivity index (χ1v) is 10.4. The Labute approximate surface area is 176 Å². The molecule has 5 rings (SSSR count). The highest BCUT2D eigenvalue weighted by Gasteiger charge is 2.40. The van der Waals surface area contributed by atoms with Crippen LogP contribution >= 0.6 is 0 Å². The minimum absolute atomic E-state index is 0.0239. The van der Waals surface area contributed by atoms with Crippen LogP contribution in [0.4, 0.5) is 5.82 Å². The smallest absolute Gasteiger partial charge is 0.231 e. The highest BCUT2D eigenvalue weighted by atomic mass is 16.5. The van der Waals surface area contributed by atoms with Gasteiger partial charge >= 0.3 is 0 Å². The molecule has 2 aromatic heterocycles. The van der Waals surface area contributed by atoms with Gasteiger partial charge in [0.2, 0.25) is 5.91 Å². The number of nitrogens with one attached hydrogen (secondary N) is 1. The van der Waals surface area contributed by atoms with Crippen molar-refractivity contribution in [1.82, 2.24) is 19.4 Å². The number of hydrogen-bond donors (Lipinski definition) is 1. The number of hydrogen-bond acceptors (Lipinski definition) is 5. The number of imidazole rings is 1. The number of rotatable bonds is 5. The maximum Gasteiger partial charge on any atom is 0.231 e. The van der Waals surface area contributed by atoms with Gasteiger partial charge in [0.05, 0.1) is 31.0 Å². The molecule has 7 heteroatoms. The van der Waals surface area contributed by atoms with Gasteiger partial charge in [-0.3, -0.25) is 4.79 Å². The Morgan fingerprint density at radius 3 is 2.67 bits per heavy atom. The number of aryl methyl sites for hydroxylation is 1. The van der Waals surface area contributed by atoms with E-state index in [0.717, 1.165) is 60.7 Å². The van der Waals surface area contributed by atoms with Crippen molar-refractivity contribution in [3.8, 4) is 11.3 Å². The molecule has 30 heavy (non-hydrogen) atoms. The van der Waals surface area contributed by atoms with Crippen molar-refractivity contribution in [2.24, 2.45) is 18.4 Å². The summed E-state index contributed by atoms with van der Waals surface area (Å²) in [5.41, 5.74) is 2.42. The minimum Gasteiger partial charge on any atom is -0.380 e. The van der Waals surface area contributed by atoms with Gasteiger partial charge in [0.25, 0.3) is 0 Å². The maximum atomic E-state index is 12.6. The quantitative estimate of drug-likeness (QED) is 0.707. The normalized spacial score (nSPS) is 18.8. The van der Waals surface area contributed by atoms with Crippen LogP contribution in [0.5, 0.6) is 0 Å². The Morgan fingerprint density at radius 1 is 1.20 bits per heavy atom. The zero-order valence-electron chi connectivity index (χ0n) is 17.7. The molecule has 4 heterocycles. The molecule has 156 valence electrons. The predicted molar refractivity (Wildman–Crippen MR) is 116 cm³/mol. The molecule has 2 aliphatic rings. The molecule has 7 nitrogen and oxygen atoms in total. The molecule has 0 aliphatic carbocycles. The zero-order chi connectivity index (χ0) is 20.9. The van der Waals surface area contributed by atoms with E-state index in [1.165, 1.54) is 0 Å². The van der Waals surface area contributed by atoms with Crippen LogP contribution in [0.3, 0.4) is 0 Å². The molecule has 0 saturated carbocycles. The van der Waals surface area contributed by atoms with Crippen LogP contribution < -0.4 is 5.32 Å². The highest BCUT2D eigenvalue weighted by Crippen LogP contribution is 2.31. The van der Waals surface area contributed by atoms with Gasteiger partial charge in [-0.15, -0.1) is 0 Å². The number of amides is 1. The Kier molecular flexibility index (Phi) is 4.60. The third-order valence-corrected chi connectivity index (χ3v) is 6.32. The second-order valence-electron chi connectivity index (χ2n) is 9.06. The van der Waals surface area contributed by atoms with Crippen LogP contribution in [0.25, 0.3) is 22.0 Å². The van der Waals surface area contributed by atoms with E-state index >= 15 is 0 Å². The van der Waals surface area contributed by atoms with Crippen LogP contribution in [-0.4, -0.2) is 58.2 Å². The third-order valence-electron chi connectivity index (χ3n) is 6.32. The van der Waals surface area contributed by atoms with E-state index < -0.39 is 0 Å². The fourth-order valence-electron chi connectivity index (χ4n) is 4.31. The summed E-state index contributed by atoms with van der Waals surface area (Å²) >= 11 is 0. The predicted octanol–water partition coefficient (Wildman–Crippen LogP) is 2.85. The average molecular weight is 406 g/mol. The van der Waals surface area contributed by atoms with Gasteiger partial charge in [-0.2, -0.15) is 0 Å². The van der Waals surface area contributed by atoms with Crippen molar-refractivity contribution in [3.63, 3.8) is 0 Å². The van der Waals surface area contributed by atoms with E-state index in [1.807, 2.05) is 32.4 Å². The number of carbonyl (C=O) groups is 1. The molecule has 0 atom stereocenters. The van der Waals surface area contributed by atoms with E-state index in [1.54, 1.807) is 0 Å². The van der Waals surface area contributed by atoms with Crippen molar-refractivity contribution in [2.45, 2.75) is 13.8 Å². The second-order valence-corrected chi connectivity index (χ2v) is 9.06. The lowest BCUT2D eigenvalue weighted by atomic mass is 9.85. The lowest BCUT2D eigenvalue weighted by Crippen LogP contribution is -2.58. The van der Waals surface area contributed by atoms with E-state index in [-0.39, 0.29) is 17.2 Å². The number of nitrogens with zero attached hydrogens (tertiary/aromatic N) is 4. The summed E-state index contributed by atoms with van der Waals surface area (Å²) in [6.45, 7) is 8.48. The number of aromatic nitrogens is 3. The topological polar surface area (TPSA) is 72.3 Å². The molecule has 0 radical (unpaired) electrons. The Balaban J connectivity index is 1.27. The first kappa shape index (κ1) is 19.2. The van der Waals surface area contributed by atoms with Crippen molar-refractivity contribution in [1.29, 1.82) is 0 Å². The molecule has 0 unspecified atom stereocenters. The third kappa shape index (κ3) is 3.48. The Hall–Kier alpha value is -2.77. The van der Waals surface area contributed by atoms with Gasteiger partial charge < -0.3 is 19.5 Å². The number of anilines is 1. The van der Waals surface area contributed by atoms with Gasteiger partial charge in [-0.1, -0.05) is 19.1 Å². The molecular weight excluding hydrogens is 378 g/mol. The van der Waals surface area contributed by atoms with Crippen molar-refractivity contribution in [2.75, 3.05) is 38.2 Å². The summed E-state index contributed by atoms with van der Waals surface area (Å²) in [7, 11) is 2.01. The molecule has 1 amide bonds. The van der Waals surface area contributed by atoms with Crippen molar-refractivity contribution < 1.29 is 9.53 Å². The van der Waals surface area contributed by atoms with Gasteiger partial charge in [-0.05, 0) is 24.4 Å². The van der Waals surface area contributed by atoms with Crippen LogP contribution in [-0.2, 0) is 16.6 Å². The average Bonchev–Trinajstić information content (AvgIpc) is 3.01. The van der Waals surface area contributed by atoms with Crippen LogP contribution in [0, 0.1) is 18.3 Å². The summed E-state index contributed by atoms with van der Waals surface area (Å²) in [6, 6.07) is 8.20. The molecule has 1 N–H and O–H groups in total. The fraction of sp³-hybridized carbons (Fsp3) is 0.435. The summed E-state index contributed by atoms with van der Waals surface area (Å²) in [5.74, 6) is 1.65. The summed E-state index contributed by atoms with van der Waals surface area (Å²) in [6.07, 6.45) is 3.70. The van der Waals surface area contributed by atoms with E-state index in [2.05, 4.69) is 49.9 Å². The van der Waals surface area contributed by atoms with Crippen molar-refractivity contribution in [3.05, 3.63) is 42.5 Å². The summed E-state index contributed by atoms with van der Waals surface area (Å²) < 4.78 is 7.39. The Bertz CT molecular complexity index is 1110. The fourth-order valence-corrected chi connectivity index (χ4v) is 4.31. The number of likely N-dealkylation sites (tertiary alicyclic amines) is 1. The van der Waals surface area contributed by atoms with E-state index in [4.69, 9.17) is 4.74 Å². The van der Waals surface area contributed by atoms with Crippen molar-refractivity contribution >= 4 is 22.5 Å². The number of ether oxygens (including phenoxy) is 1. The zero-order valence-corrected chi connectivity index (χ0v) is 17.7. The second kappa shape index (κ2) is 7.18.